The van der Waals surface area contributed by atoms with Crippen LogP contribution < -0.4 is 5.32 Å². The Morgan fingerprint density at radius 2 is 2.28 bits per heavy atom. The van der Waals surface area contributed by atoms with Crippen molar-refractivity contribution in [2.45, 2.75) is 25.8 Å². The molecule has 1 aromatic carbocycles. The smallest absolute Gasteiger partial charge is 0.335 e. The number of anilines is 1. The number of nitrogens with one attached hydrogen (secondary N) is 1. The summed E-state index contributed by atoms with van der Waals surface area (Å²) in [6.07, 6.45) is 2.49. The van der Waals surface area contributed by atoms with Crippen LogP contribution in [-0.4, -0.2) is 30.8 Å². The largest absolute Gasteiger partial charge is 0.478 e. The lowest BCUT2D eigenvalue weighted by molar-refractivity contribution is 0.0697. The lowest BCUT2D eigenvalue weighted by Crippen LogP contribution is -2.27. The number of hydrogen-bond acceptors (Lipinski definition) is 3. The van der Waals surface area contributed by atoms with Gasteiger partial charge in [-0.15, -0.1) is 0 Å². The highest BCUT2D eigenvalue weighted by Crippen LogP contribution is 2.34. The molecule has 1 aliphatic carbocycles. The molecule has 0 aromatic heterocycles. The molecule has 4 heteroatoms. The summed E-state index contributed by atoms with van der Waals surface area (Å²) in [5, 5.41) is 12.4. The quantitative estimate of drug-likeness (QED) is 0.813. The molecule has 98 valence electrons. The maximum atomic E-state index is 10.9. The first kappa shape index (κ1) is 12.9. The number of rotatable bonds is 6. The minimum absolute atomic E-state index is 0.323. The van der Waals surface area contributed by atoms with Crippen molar-refractivity contribution >= 4 is 11.7 Å². The van der Waals surface area contributed by atoms with Gasteiger partial charge in [-0.25, -0.2) is 4.79 Å². The Morgan fingerprint density at radius 3 is 2.78 bits per heavy atom. The highest BCUT2D eigenvalue weighted by molar-refractivity contribution is 5.88. The minimum Gasteiger partial charge on any atom is -0.478 e. The van der Waals surface area contributed by atoms with Crippen molar-refractivity contribution in [2.75, 3.05) is 19.0 Å². The second kappa shape index (κ2) is 5.40. The van der Waals surface area contributed by atoms with Crippen LogP contribution in [0, 0.1) is 12.8 Å². The van der Waals surface area contributed by atoms with Crippen molar-refractivity contribution < 1.29 is 14.6 Å². The summed E-state index contributed by atoms with van der Waals surface area (Å²) >= 11 is 0. The van der Waals surface area contributed by atoms with Gasteiger partial charge in [0.25, 0.3) is 0 Å². The zero-order chi connectivity index (χ0) is 13.1. The predicted octanol–water partition coefficient (Wildman–Crippen LogP) is 2.53. The summed E-state index contributed by atoms with van der Waals surface area (Å²) < 4.78 is 5.22. The van der Waals surface area contributed by atoms with Gasteiger partial charge in [0, 0.05) is 12.8 Å². The monoisotopic (exact) mass is 249 g/mol. The molecule has 0 radical (unpaired) electrons. The zero-order valence-electron chi connectivity index (χ0n) is 10.8. The highest BCUT2D eigenvalue weighted by atomic mass is 16.5. The van der Waals surface area contributed by atoms with Crippen LogP contribution in [0.2, 0.25) is 0 Å². The molecule has 0 heterocycles. The van der Waals surface area contributed by atoms with E-state index in [9.17, 15) is 4.79 Å². The van der Waals surface area contributed by atoms with E-state index in [0.29, 0.717) is 24.1 Å². The van der Waals surface area contributed by atoms with E-state index in [4.69, 9.17) is 9.84 Å². The number of hydrogen-bond donors (Lipinski definition) is 2. The molecule has 0 amide bonds. The average Bonchev–Trinajstić information content (AvgIpc) is 3.14. The molecule has 1 unspecified atom stereocenters. The fourth-order valence-corrected chi connectivity index (χ4v) is 2.13. The van der Waals surface area contributed by atoms with Crippen molar-refractivity contribution in [1.82, 2.24) is 0 Å². The Bertz CT molecular complexity index is 441. The van der Waals surface area contributed by atoms with E-state index in [1.54, 1.807) is 19.2 Å². The number of aryl methyl sites for hydroxylation is 1. The normalized spacial score (nSPS) is 16.3. The molecule has 0 aliphatic heterocycles. The predicted molar refractivity (Wildman–Crippen MR) is 70.1 cm³/mol. The molecule has 4 nitrogen and oxygen atoms in total. The Morgan fingerprint density at radius 1 is 1.56 bits per heavy atom. The SMILES string of the molecule is COCC(Nc1ccc(C(=O)O)cc1C)C1CC1. The second-order valence-electron chi connectivity index (χ2n) is 4.88. The fourth-order valence-electron chi connectivity index (χ4n) is 2.13. The third kappa shape index (κ3) is 3.01. The molecule has 0 bridgehead atoms. The molecule has 1 aromatic rings. The minimum atomic E-state index is -0.889. The van der Waals surface area contributed by atoms with Gasteiger partial charge >= 0.3 is 5.97 Å². The summed E-state index contributed by atoms with van der Waals surface area (Å²) in [6, 6.07) is 5.49. The van der Waals surface area contributed by atoms with Crippen LogP contribution in [0.15, 0.2) is 18.2 Å². The molecule has 1 atom stereocenters. The van der Waals surface area contributed by atoms with Gasteiger partial charge in [0.05, 0.1) is 18.2 Å². The van der Waals surface area contributed by atoms with Gasteiger partial charge in [-0.1, -0.05) is 0 Å². The van der Waals surface area contributed by atoms with Gasteiger partial charge in [0.15, 0.2) is 0 Å². The summed E-state index contributed by atoms with van der Waals surface area (Å²) in [6.45, 7) is 2.61. The van der Waals surface area contributed by atoms with E-state index in [-0.39, 0.29) is 0 Å². The van der Waals surface area contributed by atoms with E-state index in [1.165, 1.54) is 12.8 Å². The molecule has 0 spiro atoms. The Labute approximate surface area is 107 Å². The van der Waals surface area contributed by atoms with Crippen molar-refractivity contribution in [3.63, 3.8) is 0 Å². The van der Waals surface area contributed by atoms with Crippen LogP contribution in [0.1, 0.15) is 28.8 Å². The number of aromatic carboxylic acids is 1. The van der Waals surface area contributed by atoms with E-state index < -0.39 is 5.97 Å². The maximum absolute atomic E-state index is 10.9. The first-order chi connectivity index (χ1) is 8.61. The summed E-state index contributed by atoms with van der Waals surface area (Å²) in [5.41, 5.74) is 2.28. The van der Waals surface area contributed by atoms with Crippen molar-refractivity contribution in [1.29, 1.82) is 0 Å². The molecule has 1 aliphatic rings. The molecule has 1 fully saturated rings. The Balaban J connectivity index is 2.10. The summed E-state index contributed by atoms with van der Waals surface area (Å²) in [5.74, 6) is -0.205. The van der Waals surface area contributed by atoms with Crippen LogP contribution in [-0.2, 0) is 4.74 Å². The maximum Gasteiger partial charge on any atom is 0.335 e. The number of ether oxygens (including phenoxy) is 1. The standard InChI is InChI=1S/C14H19NO3/c1-9-7-11(14(16)17)5-6-12(9)15-13(8-18-2)10-3-4-10/h5-7,10,13,15H,3-4,8H2,1-2H3,(H,16,17). The molecule has 2 rings (SSSR count). The number of carboxylic acid groups (broad SMARTS) is 1. The first-order valence-electron chi connectivity index (χ1n) is 6.21. The third-order valence-electron chi connectivity index (χ3n) is 3.35. The van der Waals surface area contributed by atoms with Crippen molar-refractivity contribution in [3.8, 4) is 0 Å². The molecular weight excluding hydrogens is 230 g/mol. The van der Waals surface area contributed by atoms with Gasteiger partial charge in [-0.2, -0.15) is 0 Å². The Kier molecular flexibility index (Phi) is 3.87. The first-order valence-corrected chi connectivity index (χ1v) is 6.21. The Hall–Kier alpha value is -1.55. The molecular formula is C14H19NO3. The zero-order valence-corrected chi connectivity index (χ0v) is 10.8. The fraction of sp³-hybridized carbons (Fsp3) is 0.500. The third-order valence-corrected chi connectivity index (χ3v) is 3.35. The van der Waals surface area contributed by atoms with Crippen LogP contribution in [0.25, 0.3) is 0 Å². The van der Waals surface area contributed by atoms with E-state index in [1.807, 2.05) is 13.0 Å². The van der Waals surface area contributed by atoms with Crippen LogP contribution >= 0.6 is 0 Å². The lowest BCUT2D eigenvalue weighted by atomic mass is 10.1. The molecule has 18 heavy (non-hydrogen) atoms. The van der Waals surface area contributed by atoms with Crippen LogP contribution in [0.3, 0.4) is 0 Å². The molecule has 2 N–H and O–H groups in total. The van der Waals surface area contributed by atoms with Gasteiger partial charge in [-0.05, 0) is 49.4 Å². The van der Waals surface area contributed by atoms with Crippen molar-refractivity contribution in [3.05, 3.63) is 29.3 Å². The van der Waals surface area contributed by atoms with Crippen LogP contribution in [0.4, 0.5) is 5.69 Å². The van der Waals surface area contributed by atoms with Gasteiger partial charge in [0.2, 0.25) is 0 Å². The number of methoxy groups -OCH3 is 1. The lowest BCUT2D eigenvalue weighted by Gasteiger charge is -2.20. The molecule has 0 saturated heterocycles. The van der Waals surface area contributed by atoms with Gasteiger partial charge < -0.3 is 15.2 Å². The van der Waals surface area contributed by atoms with Gasteiger partial charge in [-0.3, -0.25) is 0 Å². The number of benzene rings is 1. The van der Waals surface area contributed by atoms with E-state index in [2.05, 4.69) is 5.32 Å². The van der Waals surface area contributed by atoms with E-state index in [0.717, 1.165) is 11.3 Å². The molecule has 1 saturated carbocycles. The number of carboxylic acids is 1. The van der Waals surface area contributed by atoms with Crippen LogP contribution in [0.5, 0.6) is 0 Å². The number of carbonyl (C=O) groups is 1. The van der Waals surface area contributed by atoms with Crippen molar-refractivity contribution in [2.24, 2.45) is 5.92 Å². The average molecular weight is 249 g/mol. The van der Waals surface area contributed by atoms with Gasteiger partial charge in [0.1, 0.15) is 0 Å². The highest BCUT2D eigenvalue weighted by Gasteiger charge is 2.31. The van der Waals surface area contributed by atoms with E-state index >= 15 is 0 Å². The second-order valence-corrected chi connectivity index (χ2v) is 4.88. The summed E-state index contributed by atoms with van der Waals surface area (Å²) in [7, 11) is 1.71. The topological polar surface area (TPSA) is 58.6 Å². The summed E-state index contributed by atoms with van der Waals surface area (Å²) in [4.78, 5) is 10.9.